The third kappa shape index (κ3) is 4.61. The Balaban J connectivity index is 1.44. The second-order valence-electron chi connectivity index (χ2n) is 13.7. The highest BCUT2D eigenvalue weighted by Gasteiger charge is 2.56. The molecule has 0 fully saturated rings. The van der Waals surface area contributed by atoms with E-state index in [4.69, 9.17) is 4.74 Å². The number of hydrogen-bond acceptors (Lipinski definition) is 9. The summed E-state index contributed by atoms with van der Waals surface area (Å²) in [5.74, 6) is -3.02. The number of hydrogen-bond donors (Lipinski definition) is 8. The summed E-state index contributed by atoms with van der Waals surface area (Å²) >= 11 is 0. The molecule has 0 spiro atoms. The molecule has 1 aliphatic heterocycles. The van der Waals surface area contributed by atoms with Gasteiger partial charge in [-0.25, -0.2) is 0 Å². The topological polar surface area (TPSA) is 171 Å². The smallest absolute Gasteiger partial charge is 0.135 e. The van der Waals surface area contributed by atoms with Crippen LogP contribution in [0.4, 0.5) is 0 Å². The molecule has 9 nitrogen and oxygen atoms in total. The third-order valence-corrected chi connectivity index (χ3v) is 10.9. The van der Waals surface area contributed by atoms with Gasteiger partial charge in [0.1, 0.15) is 57.8 Å². The first-order valence-corrected chi connectivity index (χ1v) is 16.6. The van der Waals surface area contributed by atoms with Gasteiger partial charge in [0.15, 0.2) is 0 Å². The van der Waals surface area contributed by atoms with Crippen LogP contribution in [0.15, 0.2) is 109 Å². The molecule has 6 aromatic carbocycles. The van der Waals surface area contributed by atoms with Gasteiger partial charge in [0, 0.05) is 58.6 Å². The fourth-order valence-electron chi connectivity index (χ4n) is 9.08. The molecule has 51 heavy (non-hydrogen) atoms. The number of fused-ring (bicyclic) bond motifs is 2. The summed E-state index contributed by atoms with van der Waals surface area (Å²) in [5.41, 5.74) is 6.00. The molecule has 9 heteroatoms. The summed E-state index contributed by atoms with van der Waals surface area (Å²) in [7, 11) is 0. The van der Waals surface area contributed by atoms with Gasteiger partial charge in [-0.2, -0.15) is 0 Å². The molecule has 2 aliphatic carbocycles. The lowest BCUT2D eigenvalue weighted by Gasteiger charge is -2.34. The predicted octanol–water partition coefficient (Wildman–Crippen LogP) is 7.76. The maximum absolute atomic E-state index is 12.1. The first kappa shape index (κ1) is 30.6. The first-order chi connectivity index (χ1) is 24.6. The van der Waals surface area contributed by atoms with Crippen molar-refractivity contribution in [1.29, 1.82) is 0 Å². The van der Waals surface area contributed by atoms with Crippen molar-refractivity contribution >= 4 is 0 Å². The van der Waals surface area contributed by atoms with Gasteiger partial charge in [0.25, 0.3) is 0 Å². The average molecular weight is 681 g/mol. The zero-order chi connectivity index (χ0) is 35.3. The summed E-state index contributed by atoms with van der Waals surface area (Å²) < 4.78 is 6.70. The summed E-state index contributed by atoms with van der Waals surface area (Å²) in [6.45, 7) is 0. The van der Waals surface area contributed by atoms with Crippen LogP contribution in [-0.2, 0) is 0 Å². The molecule has 9 rings (SSSR count). The fraction of sp³-hybridized carbons (Fsp3) is 0.143. The van der Waals surface area contributed by atoms with Crippen LogP contribution in [-0.4, -0.2) is 40.9 Å². The Hall–Kier alpha value is -6.48. The minimum atomic E-state index is -0.693. The molecule has 0 saturated carbocycles. The second-order valence-corrected chi connectivity index (χ2v) is 13.7. The van der Waals surface area contributed by atoms with Gasteiger partial charge in [-0.15, -0.1) is 0 Å². The molecule has 254 valence electrons. The van der Waals surface area contributed by atoms with E-state index < -0.39 is 35.7 Å². The van der Waals surface area contributed by atoms with Crippen LogP contribution in [0.2, 0.25) is 0 Å². The molecule has 6 atom stereocenters. The van der Waals surface area contributed by atoms with Crippen molar-refractivity contribution in [3.8, 4) is 51.7 Å². The number of rotatable bonds is 4. The van der Waals surface area contributed by atoms with Crippen molar-refractivity contribution < 1.29 is 45.6 Å². The predicted molar refractivity (Wildman–Crippen MR) is 186 cm³/mol. The highest BCUT2D eigenvalue weighted by molar-refractivity contribution is 5.72. The molecule has 0 aromatic heterocycles. The molecular formula is C42H32O9. The molecule has 1 heterocycles. The molecule has 0 bridgehead atoms. The van der Waals surface area contributed by atoms with E-state index in [2.05, 4.69) is 0 Å². The first-order valence-electron chi connectivity index (χ1n) is 16.6. The van der Waals surface area contributed by atoms with Gasteiger partial charge in [0.2, 0.25) is 0 Å². The van der Waals surface area contributed by atoms with E-state index in [1.54, 1.807) is 84.9 Å². The van der Waals surface area contributed by atoms with Gasteiger partial charge < -0.3 is 45.6 Å². The van der Waals surface area contributed by atoms with E-state index >= 15 is 0 Å². The van der Waals surface area contributed by atoms with E-state index in [1.165, 1.54) is 12.1 Å². The fourth-order valence-corrected chi connectivity index (χ4v) is 9.08. The van der Waals surface area contributed by atoms with E-state index in [0.29, 0.717) is 28.0 Å². The van der Waals surface area contributed by atoms with Gasteiger partial charge in [-0.3, -0.25) is 0 Å². The largest absolute Gasteiger partial charge is 0.508 e. The van der Waals surface area contributed by atoms with Crippen LogP contribution in [0, 0.1) is 0 Å². The Morgan fingerprint density at radius 1 is 0.353 bits per heavy atom. The van der Waals surface area contributed by atoms with Crippen molar-refractivity contribution in [2.24, 2.45) is 0 Å². The zero-order valence-corrected chi connectivity index (χ0v) is 26.8. The number of aromatic hydroxyl groups is 8. The molecule has 6 aromatic rings. The third-order valence-electron chi connectivity index (χ3n) is 10.9. The highest BCUT2D eigenvalue weighted by Crippen LogP contribution is 2.70. The summed E-state index contributed by atoms with van der Waals surface area (Å²) in [6, 6.07) is 29.1. The number of benzene rings is 6. The van der Waals surface area contributed by atoms with Crippen molar-refractivity contribution in [2.75, 3.05) is 0 Å². The average Bonchev–Trinajstić information content (AvgIpc) is 3.60. The maximum atomic E-state index is 12.1. The quantitative estimate of drug-likeness (QED) is 0.0927. The molecule has 3 aliphatic rings. The van der Waals surface area contributed by atoms with Crippen LogP contribution < -0.4 is 4.74 Å². The lowest BCUT2D eigenvalue weighted by atomic mass is 9.69. The minimum absolute atomic E-state index is 0.0537. The normalized spacial score (nSPS) is 22.5. The lowest BCUT2D eigenvalue weighted by Crippen LogP contribution is -2.20. The van der Waals surface area contributed by atoms with E-state index in [9.17, 15) is 40.9 Å². The van der Waals surface area contributed by atoms with Crippen LogP contribution in [0.3, 0.4) is 0 Å². The molecule has 0 amide bonds. The molecule has 0 saturated heterocycles. The standard InChI is InChI=1S/C42H32O9/c43-23-7-1-19(2-8-23)33-35(22-13-26(46)15-27(47)14-22)38-31(50)18-32-39-37(42(51-32)21-5-11-25(45)12-6-21)29-16-28(48)17-30(49)36(29)34(40(33)41(38)39)20-3-9-24(44)10-4-20/h1-18,33-35,37,40,42-50H/t33-,34-,35-,37+,40-,42+/m0/s1. The molecule has 0 unspecified atom stereocenters. The van der Waals surface area contributed by atoms with Gasteiger partial charge >= 0.3 is 0 Å². The van der Waals surface area contributed by atoms with Crippen LogP contribution in [0.1, 0.15) is 85.8 Å². The Bertz CT molecular complexity index is 2330. The zero-order valence-electron chi connectivity index (χ0n) is 26.8. The Kier molecular flexibility index (Phi) is 6.60. The number of ether oxygens (including phenoxy) is 1. The summed E-state index contributed by atoms with van der Waals surface area (Å²) in [4.78, 5) is 0. The van der Waals surface area contributed by atoms with Crippen molar-refractivity contribution in [2.45, 2.75) is 35.7 Å². The second kappa shape index (κ2) is 11.0. The highest BCUT2D eigenvalue weighted by atomic mass is 16.5. The van der Waals surface area contributed by atoms with Gasteiger partial charge in [0.05, 0.1) is 5.92 Å². The van der Waals surface area contributed by atoms with Gasteiger partial charge in [-0.05, 0) is 88.0 Å². The Morgan fingerprint density at radius 3 is 1.47 bits per heavy atom. The monoisotopic (exact) mass is 680 g/mol. The molecular weight excluding hydrogens is 648 g/mol. The van der Waals surface area contributed by atoms with Crippen LogP contribution >= 0.6 is 0 Å². The lowest BCUT2D eigenvalue weighted by molar-refractivity contribution is 0.221. The Labute approximate surface area is 291 Å². The SMILES string of the molecule is Oc1ccc([C@H]2c3c(O)cc(O)cc3[C@@H]3c4c(cc(O)c5c4[C@H]2[C@@H](c2ccc(O)cc2)[C@@H]5c2cc(O)cc(O)c2)O[C@@H]3c2ccc(O)cc2)cc1. The van der Waals surface area contributed by atoms with Crippen molar-refractivity contribution in [1.82, 2.24) is 0 Å². The maximum Gasteiger partial charge on any atom is 0.135 e. The summed E-state index contributed by atoms with van der Waals surface area (Å²) in [6.07, 6.45) is -0.693. The summed E-state index contributed by atoms with van der Waals surface area (Å²) in [5, 5.41) is 87.5. The van der Waals surface area contributed by atoms with E-state index in [1.807, 2.05) is 12.1 Å². The Morgan fingerprint density at radius 2 is 0.863 bits per heavy atom. The van der Waals surface area contributed by atoms with E-state index in [0.717, 1.165) is 27.8 Å². The number of phenols is 8. The van der Waals surface area contributed by atoms with Gasteiger partial charge in [-0.1, -0.05) is 36.4 Å². The molecule has 8 N–H and O–H groups in total. The van der Waals surface area contributed by atoms with Crippen LogP contribution in [0.25, 0.3) is 0 Å². The van der Waals surface area contributed by atoms with E-state index in [-0.39, 0.29) is 46.0 Å². The molecule has 0 radical (unpaired) electrons. The van der Waals surface area contributed by atoms with Crippen molar-refractivity contribution in [3.05, 3.63) is 159 Å². The van der Waals surface area contributed by atoms with Crippen LogP contribution in [0.5, 0.6) is 51.7 Å². The van der Waals surface area contributed by atoms with Crippen molar-refractivity contribution in [3.63, 3.8) is 0 Å². The minimum Gasteiger partial charge on any atom is -0.508 e. The number of phenolic OH excluding ortho intramolecular Hbond substituents is 8.